The van der Waals surface area contributed by atoms with Gasteiger partial charge in [0.1, 0.15) is 0 Å². The van der Waals surface area contributed by atoms with Crippen LogP contribution in [0, 0.1) is 17.6 Å². The molecule has 1 aliphatic heterocycles. The summed E-state index contributed by atoms with van der Waals surface area (Å²) in [7, 11) is 0. The Bertz CT molecular complexity index is 862. The smallest absolute Gasteiger partial charge is 0.322 e. The molecule has 3 nitrogen and oxygen atoms in total. The molecular formula is C21H20F2N2O. The van der Waals surface area contributed by atoms with Gasteiger partial charge in [-0.25, -0.2) is 13.6 Å². The van der Waals surface area contributed by atoms with Crippen LogP contribution in [0.25, 0.3) is 0 Å². The van der Waals surface area contributed by atoms with Crippen LogP contribution in [0.5, 0.6) is 0 Å². The fraction of sp³-hybridized carbons (Fsp3) is 0.286. The predicted molar refractivity (Wildman–Crippen MR) is 95.1 cm³/mol. The molecule has 2 atom stereocenters. The van der Waals surface area contributed by atoms with Crippen molar-refractivity contribution in [3.8, 4) is 0 Å². The third-order valence-corrected chi connectivity index (χ3v) is 5.15. The van der Waals surface area contributed by atoms with Crippen molar-refractivity contribution < 1.29 is 13.6 Å². The number of carbonyl (C=O) groups excluding carboxylic acids is 1. The third kappa shape index (κ3) is 3.09. The molecular weight excluding hydrogens is 334 g/mol. The Morgan fingerprint density at radius 3 is 2.46 bits per heavy atom. The van der Waals surface area contributed by atoms with Crippen molar-refractivity contribution in [3.63, 3.8) is 0 Å². The first kappa shape index (κ1) is 16.8. The molecule has 5 heteroatoms. The Hall–Kier alpha value is -2.69. The van der Waals surface area contributed by atoms with Crippen LogP contribution >= 0.6 is 0 Å². The van der Waals surface area contributed by atoms with Crippen LogP contribution < -0.4 is 5.32 Å². The maximum Gasteiger partial charge on any atom is 0.322 e. The Balaban J connectivity index is 1.69. The second-order valence-electron chi connectivity index (χ2n) is 6.95. The molecule has 0 saturated heterocycles. The number of urea groups is 1. The van der Waals surface area contributed by atoms with Crippen molar-refractivity contribution in [1.29, 1.82) is 0 Å². The van der Waals surface area contributed by atoms with Crippen LogP contribution in [0.4, 0.5) is 13.6 Å². The van der Waals surface area contributed by atoms with Gasteiger partial charge in [-0.05, 0) is 54.5 Å². The lowest BCUT2D eigenvalue weighted by molar-refractivity contribution is 0.194. The quantitative estimate of drug-likeness (QED) is 0.815. The van der Waals surface area contributed by atoms with Gasteiger partial charge in [-0.1, -0.05) is 36.4 Å². The van der Waals surface area contributed by atoms with Crippen LogP contribution in [-0.4, -0.2) is 10.9 Å². The van der Waals surface area contributed by atoms with Gasteiger partial charge in [-0.2, -0.15) is 0 Å². The summed E-state index contributed by atoms with van der Waals surface area (Å²) in [4.78, 5) is 14.4. The minimum Gasteiger partial charge on any atom is -0.327 e. The first-order valence-corrected chi connectivity index (χ1v) is 8.85. The molecule has 2 aromatic rings. The summed E-state index contributed by atoms with van der Waals surface area (Å²) in [5.74, 6) is -1.40. The van der Waals surface area contributed by atoms with E-state index in [9.17, 15) is 13.6 Å². The van der Waals surface area contributed by atoms with Crippen molar-refractivity contribution in [2.24, 2.45) is 5.92 Å². The van der Waals surface area contributed by atoms with Crippen LogP contribution in [-0.2, 0) is 0 Å². The topological polar surface area (TPSA) is 32.3 Å². The summed E-state index contributed by atoms with van der Waals surface area (Å²) in [6.07, 6.45) is 4.00. The molecule has 0 radical (unpaired) electrons. The fourth-order valence-corrected chi connectivity index (χ4v) is 3.48. The number of nitrogens with one attached hydrogen (secondary N) is 1. The molecule has 1 saturated carbocycles. The van der Waals surface area contributed by atoms with Gasteiger partial charge in [-0.15, -0.1) is 0 Å². The van der Waals surface area contributed by atoms with Gasteiger partial charge in [0.05, 0.1) is 12.1 Å². The number of nitrogens with zero attached hydrogens (tertiary/aromatic N) is 1. The highest BCUT2D eigenvalue weighted by molar-refractivity contribution is 5.78. The van der Waals surface area contributed by atoms with E-state index in [0.29, 0.717) is 11.5 Å². The molecule has 0 bridgehead atoms. The van der Waals surface area contributed by atoms with E-state index in [1.165, 1.54) is 12.1 Å². The fourth-order valence-electron chi connectivity index (χ4n) is 3.48. The Kier molecular flexibility index (Phi) is 4.23. The summed E-state index contributed by atoms with van der Waals surface area (Å²) >= 11 is 0. The molecule has 2 aliphatic rings. The molecule has 0 aromatic heterocycles. The number of hydrogen-bond donors (Lipinski definition) is 1. The summed E-state index contributed by atoms with van der Waals surface area (Å²) in [5, 5.41) is 2.98. The van der Waals surface area contributed by atoms with Crippen LogP contribution in [0.2, 0.25) is 0 Å². The normalized spacial score (nSPS) is 21.2. The second-order valence-corrected chi connectivity index (χ2v) is 6.95. The van der Waals surface area contributed by atoms with Gasteiger partial charge in [0.25, 0.3) is 0 Å². The average Bonchev–Trinajstić information content (AvgIpc) is 3.49. The molecule has 2 aromatic carbocycles. The van der Waals surface area contributed by atoms with Gasteiger partial charge >= 0.3 is 6.03 Å². The molecule has 2 amide bonds. The molecule has 1 aliphatic carbocycles. The lowest BCUT2D eigenvalue weighted by Crippen LogP contribution is -2.45. The van der Waals surface area contributed by atoms with E-state index in [1.807, 2.05) is 43.5 Å². The number of hydrogen-bond acceptors (Lipinski definition) is 1. The van der Waals surface area contributed by atoms with Crippen molar-refractivity contribution in [2.75, 3.05) is 0 Å². The average molecular weight is 354 g/mol. The van der Waals surface area contributed by atoms with Crippen LogP contribution in [0.1, 0.15) is 43.0 Å². The molecule has 1 heterocycles. The van der Waals surface area contributed by atoms with E-state index in [0.717, 1.165) is 30.0 Å². The zero-order valence-corrected chi connectivity index (χ0v) is 14.5. The minimum atomic E-state index is -0.896. The summed E-state index contributed by atoms with van der Waals surface area (Å²) in [6.45, 7) is 1.98. The van der Waals surface area contributed by atoms with E-state index in [-0.39, 0.29) is 12.1 Å². The van der Waals surface area contributed by atoms with Gasteiger partial charge < -0.3 is 5.32 Å². The maximum atomic E-state index is 13.7. The molecule has 134 valence electrons. The van der Waals surface area contributed by atoms with E-state index in [1.54, 1.807) is 4.90 Å². The first-order valence-electron chi connectivity index (χ1n) is 8.85. The van der Waals surface area contributed by atoms with Crippen molar-refractivity contribution in [2.45, 2.75) is 31.8 Å². The predicted octanol–water partition coefficient (Wildman–Crippen LogP) is 5.09. The Labute approximate surface area is 151 Å². The number of amides is 2. The first-order chi connectivity index (χ1) is 12.5. The van der Waals surface area contributed by atoms with E-state index >= 15 is 0 Å². The zero-order chi connectivity index (χ0) is 18.3. The largest absolute Gasteiger partial charge is 0.327 e. The summed E-state index contributed by atoms with van der Waals surface area (Å²) in [5.41, 5.74) is 2.67. The molecule has 1 fully saturated rings. The highest BCUT2D eigenvalue weighted by Gasteiger charge is 2.38. The monoisotopic (exact) mass is 354 g/mol. The van der Waals surface area contributed by atoms with Crippen molar-refractivity contribution in [3.05, 3.63) is 83.1 Å². The number of halogens is 2. The summed E-state index contributed by atoms with van der Waals surface area (Å²) in [6, 6.07) is 12.9. The Morgan fingerprint density at radius 1 is 1.08 bits per heavy atom. The molecule has 4 rings (SSSR count). The van der Waals surface area contributed by atoms with Gasteiger partial charge in [0.2, 0.25) is 0 Å². The highest BCUT2D eigenvalue weighted by Crippen LogP contribution is 2.45. The van der Waals surface area contributed by atoms with E-state index in [4.69, 9.17) is 0 Å². The number of carbonyl (C=O) groups is 1. The Morgan fingerprint density at radius 2 is 1.81 bits per heavy atom. The standard InChI is InChI=1S/C21H20F2N2O/c1-13(14-5-3-2-4-6-14)25-12-17(15-7-8-15)20(24-21(25)26)16-9-10-18(22)19(23)11-16/h2-6,9-13,15,20H,7-8H2,1H3,(H,24,26)/t13-,20?/m1/s1. The lowest BCUT2D eigenvalue weighted by Gasteiger charge is -2.36. The highest BCUT2D eigenvalue weighted by atomic mass is 19.2. The molecule has 0 spiro atoms. The van der Waals surface area contributed by atoms with Gasteiger partial charge in [0, 0.05) is 6.20 Å². The minimum absolute atomic E-state index is 0.115. The van der Waals surface area contributed by atoms with E-state index < -0.39 is 17.7 Å². The van der Waals surface area contributed by atoms with Crippen LogP contribution in [0.3, 0.4) is 0 Å². The zero-order valence-electron chi connectivity index (χ0n) is 14.5. The lowest BCUT2D eigenvalue weighted by atomic mass is 9.93. The van der Waals surface area contributed by atoms with Gasteiger partial charge in [0.15, 0.2) is 11.6 Å². The van der Waals surface area contributed by atoms with Crippen molar-refractivity contribution in [1.82, 2.24) is 10.2 Å². The van der Waals surface area contributed by atoms with Crippen LogP contribution in [0.15, 0.2) is 60.3 Å². The number of rotatable bonds is 4. The molecule has 1 N–H and O–H groups in total. The molecule has 1 unspecified atom stereocenters. The second kappa shape index (κ2) is 6.56. The van der Waals surface area contributed by atoms with Crippen molar-refractivity contribution >= 4 is 6.03 Å². The number of benzene rings is 2. The SMILES string of the molecule is C[C@H](c1ccccc1)N1C=C(C2CC2)C(c2ccc(F)c(F)c2)NC1=O. The third-order valence-electron chi connectivity index (χ3n) is 5.15. The van der Waals surface area contributed by atoms with Gasteiger partial charge in [-0.3, -0.25) is 4.90 Å². The van der Waals surface area contributed by atoms with E-state index in [2.05, 4.69) is 5.32 Å². The molecule has 26 heavy (non-hydrogen) atoms. The summed E-state index contributed by atoms with van der Waals surface area (Å²) < 4.78 is 27.0. The maximum absolute atomic E-state index is 13.7.